The Hall–Kier alpha value is -2.31. The van der Waals surface area contributed by atoms with Crippen molar-refractivity contribution in [2.45, 2.75) is 32.9 Å². The zero-order chi connectivity index (χ0) is 15.3. The monoisotopic (exact) mass is 288 g/mol. The summed E-state index contributed by atoms with van der Waals surface area (Å²) in [4.78, 5) is 7.92. The molecule has 21 heavy (non-hydrogen) atoms. The minimum Gasteiger partial charge on any atom is -0.489 e. The molecule has 2 aromatic rings. The van der Waals surface area contributed by atoms with Crippen LogP contribution in [0.15, 0.2) is 6.20 Å². The van der Waals surface area contributed by atoms with Crippen LogP contribution in [-0.2, 0) is 7.05 Å². The van der Waals surface area contributed by atoms with E-state index in [-0.39, 0.29) is 12.1 Å². The lowest BCUT2D eigenvalue weighted by Gasteiger charge is -2.33. The van der Waals surface area contributed by atoms with Gasteiger partial charge < -0.3 is 15.4 Å². The van der Waals surface area contributed by atoms with Gasteiger partial charge in [0.1, 0.15) is 23.0 Å². The number of hydrogen-bond donors (Lipinski definition) is 1. The molecule has 1 atom stereocenters. The molecule has 0 aliphatic carbocycles. The predicted molar refractivity (Wildman–Crippen MR) is 81.2 cm³/mol. The van der Waals surface area contributed by atoms with Crippen LogP contribution in [0.3, 0.4) is 0 Å². The molecule has 3 heterocycles. The first kappa shape index (κ1) is 13.7. The molecule has 1 aliphatic heterocycles. The minimum absolute atomic E-state index is 0.0457. The topological polar surface area (TPSA) is 82.1 Å². The molecule has 2 aromatic heterocycles. The Balaban J connectivity index is 2.30. The highest BCUT2D eigenvalue weighted by atomic mass is 16.5. The Labute approximate surface area is 123 Å². The van der Waals surface area contributed by atoms with Crippen molar-refractivity contribution in [2.24, 2.45) is 7.05 Å². The second-order valence-electron chi connectivity index (χ2n) is 5.61. The Kier molecular flexibility index (Phi) is 3.00. The average Bonchev–Trinajstić information content (AvgIpc) is 2.79. The first-order valence-corrected chi connectivity index (χ1v) is 6.99. The number of aromatic nitrogens is 4. The number of ether oxygens (including phenoxy) is 1. The van der Waals surface area contributed by atoms with Gasteiger partial charge in [-0.05, 0) is 20.8 Å². The molecule has 2 N–H and O–H groups in total. The largest absolute Gasteiger partial charge is 0.489 e. The zero-order valence-electron chi connectivity index (χ0n) is 13.0. The van der Waals surface area contributed by atoms with Gasteiger partial charge in [0, 0.05) is 14.1 Å². The summed E-state index contributed by atoms with van der Waals surface area (Å²) in [5, 5.41) is 8.98. The number of hydrogen-bond acceptors (Lipinski definition) is 6. The van der Waals surface area contributed by atoms with E-state index in [0.717, 1.165) is 22.6 Å². The van der Waals surface area contributed by atoms with Gasteiger partial charge in [0.15, 0.2) is 0 Å². The third-order valence-electron chi connectivity index (χ3n) is 3.72. The summed E-state index contributed by atoms with van der Waals surface area (Å²) in [6.07, 6.45) is 1.71. The standard InChI is InChI=1S/C14H20N6O/c1-7(2)21-9-6-16-14(15)13-10(9)12-11(8(3)19(13)4)17-20(5)18-12/h6-8H,1-5H3,(H2,15,16). The number of pyridine rings is 1. The molecule has 112 valence electrons. The SMILES string of the molecule is CC(C)Oc1cnc(N)c2c1-c1nn(C)nc1C(C)N2C. The lowest BCUT2D eigenvalue weighted by Crippen LogP contribution is -2.28. The smallest absolute Gasteiger partial charge is 0.149 e. The molecule has 0 saturated heterocycles. The number of aryl methyl sites for hydroxylation is 1. The maximum atomic E-state index is 6.09. The van der Waals surface area contributed by atoms with E-state index in [1.807, 2.05) is 27.9 Å². The van der Waals surface area contributed by atoms with Crippen LogP contribution >= 0.6 is 0 Å². The highest BCUT2D eigenvalue weighted by molar-refractivity contribution is 5.91. The van der Waals surface area contributed by atoms with Crippen molar-refractivity contribution < 1.29 is 4.74 Å². The van der Waals surface area contributed by atoms with Crippen molar-refractivity contribution in [3.05, 3.63) is 11.9 Å². The van der Waals surface area contributed by atoms with Crippen LogP contribution in [-0.4, -0.2) is 33.1 Å². The lowest BCUT2D eigenvalue weighted by molar-refractivity contribution is 0.242. The van der Waals surface area contributed by atoms with Crippen LogP contribution in [0.1, 0.15) is 32.5 Å². The van der Waals surface area contributed by atoms with E-state index in [9.17, 15) is 0 Å². The van der Waals surface area contributed by atoms with Crippen molar-refractivity contribution in [1.29, 1.82) is 0 Å². The van der Waals surface area contributed by atoms with Crippen LogP contribution in [0.5, 0.6) is 5.75 Å². The predicted octanol–water partition coefficient (Wildman–Crippen LogP) is 1.76. The third kappa shape index (κ3) is 2.00. The van der Waals surface area contributed by atoms with Crippen molar-refractivity contribution in [3.63, 3.8) is 0 Å². The molecular weight excluding hydrogens is 268 g/mol. The highest BCUT2D eigenvalue weighted by Crippen LogP contribution is 2.48. The fourth-order valence-electron chi connectivity index (χ4n) is 2.69. The third-order valence-corrected chi connectivity index (χ3v) is 3.72. The minimum atomic E-state index is 0.0457. The fraction of sp³-hybridized carbons (Fsp3) is 0.500. The summed E-state index contributed by atoms with van der Waals surface area (Å²) in [6, 6.07) is 0.0830. The number of fused-ring (bicyclic) bond motifs is 3. The molecule has 0 bridgehead atoms. The van der Waals surface area contributed by atoms with Crippen LogP contribution in [0.25, 0.3) is 11.3 Å². The Morgan fingerprint density at radius 2 is 2.00 bits per heavy atom. The van der Waals surface area contributed by atoms with E-state index in [1.165, 1.54) is 0 Å². The van der Waals surface area contributed by atoms with Gasteiger partial charge in [0.05, 0.1) is 29.6 Å². The van der Waals surface area contributed by atoms with Crippen LogP contribution in [0.4, 0.5) is 11.5 Å². The van der Waals surface area contributed by atoms with E-state index in [2.05, 4.69) is 27.0 Å². The quantitative estimate of drug-likeness (QED) is 0.906. The zero-order valence-corrected chi connectivity index (χ0v) is 13.0. The summed E-state index contributed by atoms with van der Waals surface area (Å²) in [5.41, 5.74) is 9.57. The second kappa shape index (κ2) is 4.61. The first-order chi connectivity index (χ1) is 9.90. The molecule has 0 saturated carbocycles. The van der Waals surface area contributed by atoms with E-state index in [4.69, 9.17) is 10.5 Å². The van der Waals surface area contributed by atoms with Gasteiger partial charge in [-0.25, -0.2) is 4.98 Å². The van der Waals surface area contributed by atoms with Crippen LogP contribution < -0.4 is 15.4 Å². The number of rotatable bonds is 2. The summed E-state index contributed by atoms with van der Waals surface area (Å²) < 4.78 is 5.90. The molecule has 1 aliphatic rings. The molecule has 0 fully saturated rings. The summed E-state index contributed by atoms with van der Waals surface area (Å²) in [6.45, 7) is 6.04. The molecule has 0 amide bonds. The van der Waals surface area contributed by atoms with Gasteiger partial charge in [-0.3, -0.25) is 0 Å². The Bertz CT molecular complexity index is 693. The van der Waals surface area contributed by atoms with Crippen molar-refractivity contribution in [3.8, 4) is 17.0 Å². The molecule has 3 rings (SSSR count). The molecule has 7 nitrogen and oxygen atoms in total. The summed E-state index contributed by atoms with van der Waals surface area (Å²) in [5.74, 6) is 1.17. The Morgan fingerprint density at radius 1 is 1.29 bits per heavy atom. The summed E-state index contributed by atoms with van der Waals surface area (Å²) in [7, 11) is 3.80. The number of nitrogen functional groups attached to an aromatic ring is 1. The van der Waals surface area contributed by atoms with Crippen LogP contribution in [0.2, 0.25) is 0 Å². The summed E-state index contributed by atoms with van der Waals surface area (Å²) >= 11 is 0. The molecular formula is C14H20N6O. The van der Waals surface area contributed by atoms with Crippen LogP contribution in [0, 0.1) is 0 Å². The first-order valence-electron chi connectivity index (χ1n) is 6.99. The Morgan fingerprint density at radius 3 is 2.67 bits per heavy atom. The number of anilines is 2. The normalized spacial score (nSPS) is 16.9. The van der Waals surface area contributed by atoms with Crippen molar-refractivity contribution >= 4 is 11.5 Å². The molecule has 0 aromatic carbocycles. The van der Waals surface area contributed by atoms with E-state index in [0.29, 0.717) is 11.6 Å². The van der Waals surface area contributed by atoms with Gasteiger partial charge in [-0.2, -0.15) is 15.0 Å². The maximum absolute atomic E-state index is 6.09. The average molecular weight is 288 g/mol. The van der Waals surface area contributed by atoms with Gasteiger partial charge in [-0.1, -0.05) is 0 Å². The lowest BCUT2D eigenvalue weighted by atomic mass is 9.98. The highest BCUT2D eigenvalue weighted by Gasteiger charge is 2.34. The second-order valence-corrected chi connectivity index (χ2v) is 5.61. The van der Waals surface area contributed by atoms with Gasteiger partial charge in [-0.15, -0.1) is 0 Å². The molecule has 1 unspecified atom stereocenters. The number of nitrogens with zero attached hydrogens (tertiary/aromatic N) is 5. The maximum Gasteiger partial charge on any atom is 0.149 e. The van der Waals surface area contributed by atoms with Gasteiger partial charge >= 0.3 is 0 Å². The molecule has 0 radical (unpaired) electrons. The van der Waals surface area contributed by atoms with Crippen molar-refractivity contribution in [1.82, 2.24) is 20.0 Å². The number of nitrogens with two attached hydrogens (primary N) is 1. The van der Waals surface area contributed by atoms with E-state index >= 15 is 0 Å². The fourth-order valence-corrected chi connectivity index (χ4v) is 2.69. The van der Waals surface area contributed by atoms with E-state index < -0.39 is 0 Å². The van der Waals surface area contributed by atoms with Crippen molar-refractivity contribution in [2.75, 3.05) is 17.7 Å². The molecule has 7 heteroatoms. The van der Waals surface area contributed by atoms with Gasteiger partial charge in [0.25, 0.3) is 0 Å². The van der Waals surface area contributed by atoms with Gasteiger partial charge in [0.2, 0.25) is 0 Å². The van der Waals surface area contributed by atoms with E-state index in [1.54, 1.807) is 11.0 Å². The molecule has 0 spiro atoms.